The number of hydrogen-bond acceptors (Lipinski definition) is 3. The molecule has 2 rings (SSSR count). The lowest BCUT2D eigenvalue weighted by Gasteiger charge is -2.24. The fourth-order valence-corrected chi connectivity index (χ4v) is 3.71. The summed E-state index contributed by atoms with van der Waals surface area (Å²) in [6.07, 6.45) is 0.860. The lowest BCUT2D eigenvalue weighted by molar-refractivity contribution is -0.137. The molecule has 0 bridgehead atoms. The van der Waals surface area contributed by atoms with Crippen LogP contribution in [-0.2, 0) is 16.0 Å². The average Bonchev–Trinajstić information content (AvgIpc) is 2.73. The standard InChI is InChI=1S/C16H21NO3S/c1-10(2)15(16(19)20)21-9-14(18)17-11(3)8-12-6-4-5-7-13(12)17/h4-7,10-11,15H,8-9H2,1-3H3,(H,19,20). The Hall–Kier alpha value is -1.49. The molecule has 0 saturated carbocycles. The van der Waals surface area contributed by atoms with E-state index < -0.39 is 11.2 Å². The second-order valence-corrected chi connectivity index (χ2v) is 6.89. The van der Waals surface area contributed by atoms with Gasteiger partial charge in [-0.05, 0) is 30.9 Å². The lowest BCUT2D eigenvalue weighted by atomic mass is 10.1. The number of aliphatic carboxylic acids is 1. The zero-order valence-electron chi connectivity index (χ0n) is 12.6. The van der Waals surface area contributed by atoms with Crippen molar-refractivity contribution in [3.63, 3.8) is 0 Å². The van der Waals surface area contributed by atoms with Gasteiger partial charge in [0.15, 0.2) is 0 Å². The SMILES string of the molecule is CC(C)C(SCC(=O)N1c2ccccc2CC1C)C(=O)O. The molecule has 21 heavy (non-hydrogen) atoms. The summed E-state index contributed by atoms with van der Waals surface area (Å²) in [7, 11) is 0. The van der Waals surface area contributed by atoms with Crippen LogP contribution < -0.4 is 4.90 Å². The third kappa shape index (κ3) is 3.40. The third-order valence-corrected chi connectivity index (χ3v) is 5.23. The van der Waals surface area contributed by atoms with Gasteiger partial charge >= 0.3 is 5.97 Å². The number of carbonyl (C=O) groups excluding carboxylic acids is 1. The minimum atomic E-state index is -0.849. The van der Waals surface area contributed by atoms with Crippen LogP contribution in [0.4, 0.5) is 5.69 Å². The first-order chi connectivity index (χ1) is 9.91. The van der Waals surface area contributed by atoms with E-state index in [1.54, 1.807) is 0 Å². The van der Waals surface area contributed by atoms with Crippen LogP contribution in [0.25, 0.3) is 0 Å². The summed E-state index contributed by atoms with van der Waals surface area (Å²) in [4.78, 5) is 25.5. The number of carboxylic acids is 1. The van der Waals surface area contributed by atoms with Gasteiger partial charge in [0.1, 0.15) is 5.25 Å². The van der Waals surface area contributed by atoms with E-state index in [1.165, 1.54) is 17.3 Å². The Morgan fingerprint density at radius 2 is 2.05 bits per heavy atom. The molecule has 0 aromatic heterocycles. The number of thioether (sulfide) groups is 1. The highest BCUT2D eigenvalue weighted by Crippen LogP contribution is 2.32. The summed E-state index contributed by atoms with van der Waals surface area (Å²) in [5, 5.41) is 8.65. The Kier molecular flexibility index (Phi) is 4.93. The predicted molar refractivity (Wildman–Crippen MR) is 85.8 cm³/mol. The molecule has 1 N–H and O–H groups in total. The fraction of sp³-hybridized carbons (Fsp3) is 0.500. The Morgan fingerprint density at radius 3 is 2.67 bits per heavy atom. The predicted octanol–water partition coefficient (Wildman–Crippen LogP) is 2.81. The molecule has 1 heterocycles. The molecule has 0 saturated heterocycles. The van der Waals surface area contributed by atoms with Gasteiger partial charge in [0.25, 0.3) is 0 Å². The van der Waals surface area contributed by atoms with Gasteiger partial charge < -0.3 is 10.0 Å². The highest BCUT2D eigenvalue weighted by molar-refractivity contribution is 8.01. The van der Waals surface area contributed by atoms with E-state index in [9.17, 15) is 14.7 Å². The number of nitrogens with zero attached hydrogens (tertiary/aromatic N) is 1. The van der Waals surface area contributed by atoms with Gasteiger partial charge in [-0.1, -0.05) is 32.0 Å². The van der Waals surface area contributed by atoms with E-state index in [4.69, 9.17) is 0 Å². The molecule has 1 aliphatic heterocycles. The van der Waals surface area contributed by atoms with Gasteiger partial charge in [-0.25, -0.2) is 0 Å². The van der Waals surface area contributed by atoms with Gasteiger partial charge in [-0.2, -0.15) is 0 Å². The number of carbonyl (C=O) groups is 2. The topological polar surface area (TPSA) is 57.6 Å². The quantitative estimate of drug-likeness (QED) is 0.909. The first kappa shape index (κ1) is 15.9. The van der Waals surface area contributed by atoms with Gasteiger partial charge in [0.05, 0.1) is 5.75 Å². The van der Waals surface area contributed by atoms with Crippen molar-refractivity contribution in [1.29, 1.82) is 0 Å². The second kappa shape index (κ2) is 6.52. The number of fused-ring (bicyclic) bond motifs is 1. The van der Waals surface area contributed by atoms with E-state index in [-0.39, 0.29) is 23.6 Å². The van der Waals surface area contributed by atoms with Gasteiger partial charge in [-0.15, -0.1) is 11.8 Å². The van der Waals surface area contributed by atoms with Gasteiger partial charge in [0, 0.05) is 11.7 Å². The zero-order valence-corrected chi connectivity index (χ0v) is 13.4. The summed E-state index contributed by atoms with van der Waals surface area (Å²) < 4.78 is 0. The number of para-hydroxylation sites is 1. The molecule has 2 atom stereocenters. The smallest absolute Gasteiger partial charge is 0.316 e. The number of rotatable bonds is 5. The van der Waals surface area contributed by atoms with Crippen molar-refractivity contribution in [2.75, 3.05) is 10.7 Å². The molecule has 114 valence electrons. The number of anilines is 1. The van der Waals surface area contributed by atoms with Crippen LogP contribution in [0.5, 0.6) is 0 Å². The van der Waals surface area contributed by atoms with E-state index in [2.05, 4.69) is 0 Å². The summed E-state index contributed by atoms with van der Waals surface area (Å²) >= 11 is 1.22. The molecule has 1 aromatic carbocycles. The molecular weight excluding hydrogens is 286 g/mol. The van der Waals surface area contributed by atoms with Crippen LogP contribution in [0, 0.1) is 5.92 Å². The largest absolute Gasteiger partial charge is 0.480 e. The van der Waals surface area contributed by atoms with Crippen molar-refractivity contribution in [3.05, 3.63) is 29.8 Å². The number of hydrogen-bond donors (Lipinski definition) is 1. The highest BCUT2D eigenvalue weighted by atomic mass is 32.2. The number of amides is 1. The van der Waals surface area contributed by atoms with Crippen LogP contribution in [-0.4, -0.2) is 34.0 Å². The minimum Gasteiger partial charge on any atom is -0.480 e. The number of carboxylic acid groups (broad SMARTS) is 1. The normalized spacial score (nSPS) is 18.7. The third-order valence-electron chi connectivity index (χ3n) is 3.71. The summed E-state index contributed by atoms with van der Waals surface area (Å²) in [6, 6.07) is 8.04. The van der Waals surface area contributed by atoms with E-state index in [0.717, 1.165) is 12.1 Å². The van der Waals surface area contributed by atoms with E-state index in [1.807, 2.05) is 49.9 Å². The molecule has 1 aromatic rings. The Morgan fingerprint density at radius 1 is 1.38 bits per heavy atom. The highest BCUT2D eigenvalue weighted by Gasteiger charge is 2.31. The lowest BCUT2D eigenvalue weighted by Crippen LogP contribution is -2.38. The van der Waals surface area contributed by atoms with E-state index in [0.29, 0.717) is 0 Å². The Bertz CT molecular complexity index is 544. The van der Waals surface area contributed by atoms with Crippen LogP contribution in [0.15, 0.2) is 24.3 Å². The second-order valence-electron chi connectivity index (χ2n) is 5.76. The molecule has 0 radical (unpaired) electrons. The molecule has 0 aliphatic carbocycles. The van der Waals surface area contributed by atoms with Crippen molar-refractivity contribution in [2.24, 2.45) is 5.92 Å². The van der Waals surface area contributed by atoms with Gasteiger partial charge in [-0.3, -0.25) is 9.59 Å². The fourth-order valence-electron chi connectivity index (χ4n) is 2.73. The Balaban J connectivity index is 2.06. The molecule has 1 amide bonds. The van der Waals surface area contributed by atoms with Crippen molar-refractivity contribution in [1.82, 2.24) is 0 Å². The molecular formula is C16H21NO3S. The summed E-state index contributed by atoms with van der Waals surface area (Å²) in [5.74, 6) is -0.654. The average molecular weight is 307 g/mol. The summed E-state index contributed by atoms with van der Waals surface area (Å²) in [6.45, 7) is 5.76. The molecule has 0 spiro atoms. The van der Waals surface area contributed by atoms with Crippen LogP contribution in [0.1, 0.15) is 26.3 Å². The van der Waals surface area contributed by atoms with Gasteiger partial charge in [0.2, 0.25) is 5.91 Å². The van der Waals surface area contributed by atoms with E-state index >= 15 is 0 Å². The maximum absolute atomic E-state index is 12.5. The molecule has 4 nitrogen and oxygen atoms in total. The number of benzene rings is 1. The van der Waals surface area contributed by atoms with Crippen LogP contribution >= 0.6 is 11.8 Å². The zero-order chi connectivity index (χ0) is 15.6. The first-order valence-electron chi connectivity index (χ1n) is 7.16. The molecule has 2 unspecified atom stereocenters. The Labute approximate surface area is 129 Å². The van der Waals surface area contributed by atoms with Crippen molar-refractivity contribution >= 4 is 29.3 Å². The maximum atomic E-state index is 12.5. The molecule has 0 fully saturated rings. The monoisotopic (exact) mass is 307 g/mol. The maximum Gasteiger partial charge on any atom is 0.316 e. The van der Waals surface area contributed by atoms with Crippen molar-refractivity contribution < 1.29 is 14.7 Å². The first-order valence-corrected chi connectivity index (χ1v) is 8.21. The van der Waals surface area contributed by atoms with Crippen LogP contribution in [0.3, 0.4) is 0 Å². The van der Waals surface area contributed by atoms with Crippen LogP contribution in [0.2, 0.25) is 0 Å². The van der Waals surface area contributed by atoms with Crippen molar-refractivity contribution in [2.45, 2.75) is 38.5 Å². The molecule has 1 aliphatic rings. The molecule has 5 heteroatoms. The van der Waals surface area contributed by atoms with Crippen molar-refractivity contribution in [3.8, 4) is 0 Å². The minimum absolute atomic E-state index is 0.00332. The summed E-state index contributed by atoms with van der Waals surface area (Å²) in [5.41, 5.74) is 2.15.